The largest absolute Gasteiger partial charge is 0.351 e. The SMILES string of the molecule is CCN1SCCC1C(=O)NCc1c(C)cccc1Cl. The van der Waals surface area contributed by atoms with E-state index in [1.165, 1.54) is 0 Å². The van der Waals surface area contributed by atoms with Crippen LogP contribution in [0.4, 0.5) is 0 Å². The maximum absolute atomic E-state index is 12.2. The summed E-state index contributed by atoms with van der Waals surface area (Å²) in [5.74, 6) is 1.13. The van der Waals surface area contributed by atoms with Gasteiger partial charge in [0.25, 0.3) is 0 Å². The van der Waals surface area contributed by atoms with Gasteiger partial charge in [-0.2, -0.15) is 0 Å². The van der Waals surface area contributed by atoms with Gasteiger partial charge in [0.1, 0.15) is 0 Å². The standard InChI is InChI=1S/C14H19ClN2OS/c1-3-17-13(7-8-19-17)14(18)16-9-11-10(2)5-4-6-12(11)15/h4-6,13H,3,7-9H2,1-2H3,(H,16,18). The van der Waals surface area contributed by atoms with Crippen LogP contribution in [0.1, 0.15) is 24.5 Å². The van der Waals surface area contributed by atoms with Crippen LogP contribution >= 0.6 is 23.5 Å². The van der Waals surface area contributed by atoms with Crippen molar-refractivity contribution in [3.05, 3.63) is 34.3 Å². The average molecular weight is 299 g/mol. The number of hydrogen-bond acceptors (Lipinski definition) is 3. The Kier molecular flexibility index (Phi) is 5.13. The zero-order valence-corrected chi connectivity index (χ0v) is 12.9. The molecule has 1 atom stereocenters. The van der Waals surface area contributed by atoms with E-state index in [0.717, 1.165) is 29.8 Å². The number of halogens is 1. The summed E-state index contributed by atoms with van der Waals surface area (Å²) in [6, 6.07) is 5.80. The van der Waals surface area contributed by atoms with Crippen LogP contribution in [0.3, 0.4) is 0 Å². The van der Waals surface area contributed by atoms with Crippen molar-refractivity contribution in [3.8, 4) is 0 Å². The van der Waals surface area contributed by atoms with Crippen molar-refractivity contribution in [2.24, 2.45) is 0 Å². The molecule has 1 saturated heterocycles. The summed E-state index contributed by atoms with van der Waals surface area (Å²) in [6.45, 7) is 5.49. The predicted octanol–water partition coefficient (Wildman–Crippen LogP) is 3.01. The molecule has 1 aromatic carbocycles. The number of carbonyl (C=O) groups is 1. The van der Waals surface area contributed by atoms with Gasteiger partial charge in [0.2, 0.25) is 5.91 Å². The molecule has 0 aliphatic carbocycles. The first-order chi connectivity index (χ1) is 9.13. The molecule has 1 N–H and O–H groups in total. The number of carbonyl (C=O) groups excluding carboxylic acids is 1. The number of nitrogens with zero attached hydrogens (tertiary/aromatic N) is 1. The van der Waals surface area contributed by atoms with Crippen LogP contribution in [0.15, 0.2) is 18.2 Å². The second-order valence-corrected chi connectivity index (χ2v) is 6.17. The molecular formula is C14H19ClN2OS. The second-order valence-electron chi connectivity index (χ2n) is 4.62. The number of benzene rings is 1. The van der Waals surface area contributed by atoms with Gasteiger partial charge >= 0.3 is 0 Å². The van der Waals surface area contributed by atoms with Crippen molar-refractivity contribution in [2.75, 3.05) is 12.3 Å². The van der Waals surface area contributed by atoms with E-state index in [0.29, 0.717) is 11.6 Å². The molecule has 5 heteroatoms. The highest BCUT2D eigenvalue weighted by Crippen LogP contribution is 2.26. The third kappa shape index (κ3) is 3.44. The molecule has 1 heterocycles. The minimum atomic E-state index is -0.00204. The fourth-order valence-electron chi connectivity index (χ4n) is 2.27. The summed E-state index contributed by atoms with van der Waals surface area (Å²) >= 11 is 7.92. The van der Waals surface area contributed by atoms with Gasteiger partial charge in [-0.25, -0.2) is 4.31 Å². The van der Waals surface area contributed by atoms with Gasteiger partial charge in [-0.1, -0.05) is 42.6 Å². The third-order valence-electron chi connectivity index (χ3n) is 3.40. The molecule has 3 nitrogen and oxygen atoms in total. The van der Waals surface area contributed by atoms with Crippen LogP contribution in [0.25, 0.3) is 0 Å². The van der Waals surface area contributed by atoms with Crippen molar-refractivity contribution < 1.29 is 4.79 Å². The van der Waals surface area contributed by atoms with E-state index in [4.69, 9.17) is 11.6 Å². The number of likely N-dealkylation sites (N-methyl/N-ethyl adjacent to an activating group) is 1. The molecule has 0 spiro atoms. The van der Waals surface area contributed by atoms with Gasteiger partial charge in [-0.3, -0.25) is 4.79 Å². The monoisotopic (exact) mass is 298 g/mol. The lowest BCUT2D eigenvalue weighted by molar-refractivity contribution is -0.124. The van der Waals surface area contributed by atoms with Crippen molar-refractivity contribution in [3.63, 3.8) is 0 Å². The number of aryl methyl sites for hydroxylation is 1. The first-order valence-corrected chi connectivity index (χ1v) is 7.86. The average Bonchev–Trinajstić information content (AvgIpc) is 2.86. The lowest BCUT2D eigenvalue weighted by Crippen LogP contribution is -2.40. The number of rotatable bonds is 4. The lowest BCUT2D eigenvalue weighted by atomic mass is 10.1. The van der Waals surface area contributed by atoms with Crippen LogP contribution in [0, 0.1) is 6.92 Å². The van der Waals surface area contributed by atoms with E-state index >= 15 is 0 Å². The summed E-state index contributed by atoms with van der Waals surface area (Å²) < 4.78 is 2.15. The summed E-state index contributed by atoms with van der Waals surface area (Å²) in [5, 5.41) is 3.72. The normalized spacial score (nSPS) is 19.6. The van der Waals surface area contributed by atoms with Crippen LogP contribution in [-0.4, -0.2) is 28.6 Å². The van der Waals surface area contributed by atoms with Gasteiger partial charge in [0.05, 0.1) is 6.04 Å². The molecular weight excluding hydrogens is 280 g/mol. The Bertz CT molecular complexity index is 447. The smallest absolute Gasteiger partial charge is 0.238 e. The van der Waals surface area contributed by atoms with Gasteiger partial charge in [0.15, 0.2) is 0 Å². The Morgan fingerprint density at radius 1 is 1.58 bits per heavy atom. The number of amides is 1. The highest BCUT2D eigenvalue weighted by atomic mass is 35.5. The van der Waals surface area contributed by atoms with Gasteiger partial charge < -0.3 is 5.32 Å². The van der Waals surface area contributed by atoms with E-state index in [1.807, 2.05) is 25.1 Å². The fraction of sp³-hybridized carbons (Fsp3) is 0.500. The van der Waals surface area contributed by atoms with E-state index in [2.05, 4.69) is 16.5 Å². The Hall–Kier alpha value is -0.710. The minimum absolute atomic E-state index is 0.00204. The Labute approximate surface area is 123 Å². The molecule has 0 bridgehead atoms. The molecule has 0 radical (unpaired) electrons. The molecule has 1 fully saturated rings. The Morgan fingerprint density at radius 3 is 3.05 bits per heavy atom. The Morgan fingerprint density at radius 2 is 2.37 bits per heavy atom. The van der Waals surface area contributed by atoms with E-state index in [-0.39, 0.29) is 11.9 Å². The van der Waals surface area contributed by atoms with Crippen molar-refractivity contribution in [1.82, 2.24) is 9.62 Å². The summed E-state index contributed by atoms with van der Waals surface area (Å²) in [4.78, 5) is 12.2. The predicted molar refractivity (Wildman–Crippen MR) is 81.3 cm³/mol. The van der Waals surface area contributed by atoms with E-state index in [9.17, 15) is 4.79 Å². The molecule has 0 saturated carbocycles. The van der Waals surface area contributed by atoms with Crippen LogP contribution in [0.2, 0.25) is 5.02 Å². The molecule has 19 heavy (non-hydrogen) atoms. The quantitative estimate of drug-likeness (QED) is 0.867. The van der Waals surface area contributed by atoms with Crippen molar-refractivity contribution >= 4 is 29.5 Å². The summed E-state index contributed by atoms with van der Waals surface area (Å²) in [6.07, 6.45) is 0.922. The maximum Gasteiger partial charge on any atom is 0.238 e. The molecule has 104 valence electrons. The number of nitrogens with one attached hydrogen (secondary N) is 1. The Balaban J connectivity index is 1.97. The first-order valence-electron chi connectivity index (χ1n) is 6.54. The van der Waals surface area contributed by atoms with Crippen molar-refractivity contribution in [1.29, 1.82) is 0 Å². The van der Waals surface area contributed by atoms with Crippen LogP contribution < -0.4 is 5.32 Å². The molecule has 1 aliphatic rings. The molecule has 1 aliphatic heterocycles. The topological polar surface area (TPSA) is 32.3 Å². The zero-order chi connectivity index (χ0) is 13.8. The summed E-state index contributed by atoms with van der Waals surface area (Å²) in [7, 11) is 0. The molecule has 2 rings (SSSR count). The third-order valence-corrected chi connectivity index (χ3v) is 5.02. The molecule has 0 aromatic heterocycles. The fourth-order valence-corrected chi connectivity index (χ4v) is 3.69. The minimum Gasteiger partial charge on any atom is -0.351 e. The highest BCUT2D eigenvalue weighted by molar-refractivity contribution is 7.97. The lowest BCUT2D eigenvalue weighted by Gasteiger charge is -2.20. The second kappa shape index (κ2) is 6.64. The van der Waals surface area contributed by atoms with Crippen molar-refractivity contribution in [2.45, 2.75) is 32.9 Å². The molecule has 1 aromatic rings. The zero-order valence-electron chi connectivity index (χ0n) is 11.3. The first kappa shape index (κ1) is 14.7. The molecule has 1 amide bonds. The van der Waals surface area contributed by atoms with E-state index in [1.54, 1.807) is 11.9 Å². The van der Waals surface area contributed by atoms with E-state index < -0.39 is 0 Å². The molecule has 1 unspecified atom stereocenters. The maximum atomic E-state index is 12.2. The van der Waals surface area contributed by atoms with Crippen LogP contribution in [0.5, 0.6) is 0 Å². The van der Waals surface area contributed by atoms with Gasteiger partial charge in [-0.15, -0.1) is 0 Å². The highest BCUT2D eigenvalue weighted by Gasteiger charge is 2.30. The van der Waals surface area contributed by atoms with Crippen LogP contribution in [-0.2, 0) is 11.3 Å². The summed E-state index contributed by atoms with van der Waals surface area (Å²) in [5.41, 5.74) is 2.12. The number of hydrogen-bond donors (Lipinski definition) is 1. The van der Waals surface area contributed by atoms with Gasteiger partial charge in [0, 0.05) is 23.9 Å². The van der Waals surface area contributed by atoms with Gasteiger partial charge in [-0.05, 0) is 30.5 Å².